The Morgan fingerprint density at radius 2 is 1.80 bits per heavy atom. The Kier molecular flexibility index (Phi) is 4.46. The first kappa shape index (κ1) is 15.8. The first-order valence-corrected chi connectivity index (χ1v) is 8.76. The number of hydrogen-bond donors (Lipinski definition) is 1. The van der Waals surface area contributed by atoms with Crippen LogP contribution in [0.1, 0.15) is 29.9 Å². The second kappa shape index (κ2) is 7.05. The molecule has 1 saturated heterocycles. The standard InChI is InChI=1S/C20H22N2O3/c23-20(21-13-15-6-7-18-19(12-15)25-14-24-18)22-10-8-17(9-11-22)16-4-2-1-3-5-16/h1-7,12,17H,8-11,13-14H2,(H,21,23). The van der Waals surface area contributed by atoms with E-state index in [1.165, 1.54) is 5.56 Å². The summed E-state index contributed by atoms with van der Waals surface area (Å²) in [6, 6.07) is 16.3. The number of fused-ring (bicyclic) bond motifs is 1. The van der Waals surface area contributed by atoms with Gasteiger partial charge in [-0.25, -0.2) is 4.79 Å². The van der Waals surface area contributed by atoms with E-state index < -0.39 is 0 Å². The molecule has 2 amide bonds. The molecule has 2 aliphatic heterocycles. The van der Waals surface area contributed by atoms with Crippen LogP contribution in [0.4, 0.5) is 4.79 Å². The molecule has 2 aliphatic rings. The van der Waals surface area contributed by atoms with Crippen molar-refractivity contribution in [2.75, 3.05) is 19.9 Å². The SMILES string of the molecule is O=C(NCc1ccc2c(c1)OCO2)N1CCC(c2ccccc2)CC1. The smallest absolute Gasteiger partial charge is 0.317 e. The number of benzene rings is 2. The summed E-state index contributed by atoms with van der Waals surface area (Å²) >= 11 is 0. The second-order valence-corrected chi connectivity index (χ2v) is 6.52. The lowest BCUT2D eigenvalue weighted by atomic mass is 9.90. The Labute approximate surface area is 147 Å². The van der Waals surface area contributed by atoms with Crippen molar-refractivity contribution in [2.45, 2.75) is 25.3 Å². The number of piperidine rings is 1. The van der Waals surface area contributed by atoms with E-state index in [1.54, 1.807) is 0 Å². The van der Waals surface area contributed by atoms with E-state index >= 15 is 0 Å². The topological polar surface area (TPSA) is 50.8 Å². The molecule has 2 aromatic rings. The summed E-state index contributed by atoms with van der Waals surface area (Å²) in [5, 5.41) is 3.01. The quantitative estimate of drug-likeness (QED) is 0.932. The Morgan fingerprint density at radius 1 is 1.04 bits per heavy atom. The fraction of sp³-hybridized carbons (Fsp3) is 0.350. The average molecular weight is 338 g/mol. The molecule has 130 valence electrons. The van der Waals surface area contributed by atoms with Crippen molar-refractivity contribution in [1.82, 2.24) is 10.2 Å². The fourth-order valence-corrected chi connectivity index (χ4v) is 3.48. The highest BCUT2D eigenvalue weighted by molar-refractivity contribution is 5.74. The van der Waals surface area contributed by atoms with E-state index in [9.17, 15) is 4.79 Å². The van der Waals surface area contributed by atoms with Crippen LogP contribution in [0, 0.1) is 0 Å². The van der Waals surface area contributed by atoms with Crippen LogP contribution in [0.25, 0.3) is 0 Å². The molecule has 0 atom stereocenters. The van der Waals surface area contributed by atoms with E-state index in [2.05, 4.69) is 29.6 Å². The van der Waals surface area contributed by atoms with Gasteiger partial charge in [0, 0.05) is 19.6 Å². The number of carbonyl (C=O) groups is 1. The minimum Gasteiger partial charge on any atom is -0.454 e. The van der Waals surface area contributed by atoms with Crippen molar-refractivity contribution in [2.24, 2.45) is 0 Å². The molecule has 0 unspecified atom stereocenters. The Hall–Kier alpha value is -2.69. The van der Waals surface area contributed by atoms with Crippen LogP contribution < -0.4 is 14.8 Å². The number of nitrogens with one attached hydrogen (secondary N) is 1. The van der Waals surface area contributed by atoms with Gasteiger partial charge >= 0.3 is 6.03 Å². The molecule has 0 saturated carbocycles. The maximum absolute atomic E-state index is 12.4. The van der Waals surface area contributed by atoms with Crippen LogP contribution in [0.2, 0.25) is 0 Å². The van der Waals surface area contributed by atoms with Gasteiger partial charge in [-0.1, -0.05) is 36.4 Å². The molecule has 0 aromatic heterocycles. The van der Waals surface area contributed by atoms with Crippen LogP contribution in [0.15, 0.2) is 48.5 Å². The summed E-state index contributed by atoms with van der Waals surface area (Å²) < 4.78 is 10.7. The Bertz CT molecular complexity index is 740. The van der Waals surface area contributed by atoms with Gasteiger partial charge in [0.2, 0.25) is 6.79 Å². The van der Waals surface area contributed by atoms with Gasteiger partial charge in [-0.15, -0.1) is 0 Å². The van der Waals surface area contributed by atoms with Crippen molar-refractivity contribution >= 4 is 6.03 Å². The monoisotopic (exact) mass is 338 g/mol. The molecule has 0 spiro atoms. The predicted molar refractivity (Wildman–Crippen MR) is 94.8 cm³/mol. The van der Waals surface area contributed by atoms with E-state index in [0.717, 1.165) is 43.0 Å². The van der Waals surface area contributed by atoms with Gasteiger partial charge in [-0.2, -0.15) is 0 Å². The lowest BCUT2D eigenvalue weighted by Crippen LogP contribution is -2.43. The molecule has 1 N–H and O–H groups in total. The van der Waals surface area contributed by atoms with Crippen LogP contribution in [-0.4, -0.2) is 30.8 Å². The van der Waals surface area contributed by atoms with Crippen LogP contribution in [-0.2, 0) is 6.54 Å². The lowest BCUT2D eigenvalue weighted by Gasteiger charge is -2.32. The third-order valence-electron chi connectivity index (χ3n) is 4.93. The number of ether oxygens (including phenoxy) is 2. The van der Waals surface area contributed by atoms with E-state index in [0.29, 0.717) is 12.5 Å². The predicted octanol–water partition coefficient (Wildman–Crippen LogP) is 3.50. The third kappa shape index (κ3) is 3.55. The molecular weight excluding hydrogens is 316 g/mol. The zero-order valence-electron chi connectivity index (χ0n) is 14.1. The van der Waals surface area contributed by atoms with Crippen molar-refractivity contribution < 1.29 is 14.3 Å². The van der Waals surface area contributed by atoms with Gasteiger partial charge in [-0.3, -0.25) is 0 Å². The Morgan fingerprint density at radius 3 is 2.60 bits per heavy atom. The summed E-state index contributed by atoms with van der Waals surface area (Å²) in [6.45, 7) is 2.36. The van der Waals surface area contributed by atoms with Crippen molar-refractivity contribution in [1.29, 1.82) is 0 Å². The second-order valence-electron chi connectivity index (χ2n) is 6.52. The summed E-state index contributed by atoms with van der Waals surface area (Å²) in [5.74, 6) is 2.06. The van der Waals surface area contributed by atoms with Crippen molar-refractivity contribution in [3.05, 3.63) is 59.7 Å². The third-order valence-corrected chi connectivity index (χ3v) is 4.93. The van der Waals surface area contributed by atoms with Gasteiger partial charge in [0.1, 0.15) is 0 Å². The summed E-state index contributed by atoms with van der Waals surface area (Å²) in [5.41, 5.74) is 2.39. The highest BCUT2D eigenvalue weighted by Gasteiger charge is 2.23. The maximum Gasteiger partial charge on any atom is 0.317 e. The number of urea groups is 1. The van der Waals surface area contributed by atoms with Gasteiger partial charge < -0.3 is 19.7 Å². The molecule has 0 radical (unpaired) electrons. The van der Waals surface area contributed by atoms with Crippen molar-refractivity contribution in [3.8, 4) is 11.5 Å². The fourth-order valence-electron chi connectivity index (χ4n) is 3.48. The van der Waals surface area contributed by atoms with Gasteiger partial charge in [0.15, 0.2) is 11.5 Å². The van der Waals surface area contributed by atoms with Gasteiger partial charge in [-0.05, 0) is 42.0 Å². The molecular formula is C20H22N2O3. The molecule has 25 heavy (non-hydrogen) atoms. The summed E-state index contributed by atoms with van der Waals surface area (Å²) in [7, 11) is 0. The first-order valence-electron chi connectivity index (χ1n) is 8.76. The highest BCUT2D eigenvalue weighted by atomic mass is 16.7. The molecule has 4 rings (SSSR count). The molecule has 1 fully saturated rings. The van der Waals surface area contributed by atoms with Gasteiger partial charge in [0.25, 0.3) is 0 Å². The maximum atomic E-state index is 12.4. The van der Waals surface area contributed by atoms with Crippen LogP contribution in [0.5, 0.6) is 11.5 Å². The number of nitrogens with zero attached hydrogens (tertiary/aromatic N) is 1. The molecule has 5 nitrogen and oxygen atoms in total. The Balaban J connectivity index is 1.28. The average Bonchev–Trinajstić information content (AvgIpc) is 3.15. The summed E-state index contributed by atoms with van der Waals surface area (Å²) in [4.78, 5) is 14.3. The minimum atomic E-state index is 0.00387. The molecule has 0 bridgehead atoms. The lowest BCUT2D eigenvalue weighted by molar-refractivity contribution is 0.173. The molecule has 0 aliphatic carbocycles. The number of rotatable bonds is 3. The van der Waals surface area contributed by atoms with Crippen LogP contribution >= 0.6 is 0 Å². The van der Waals surface area contributed by atoms with Crippen molar-refractivity contribution in [3.63, 3.8) is 0 Å². The van der Waals surface area contributed by atoms with E-state index in [1.807, 2.05) is 29.2 Å². The number of carbonyl (C=O) groups excluding carboxylic acids is 1. The molecule has 5 heteroatoms. The highest BCUT2D eigenvalue weighted by Crippen LogP contribution is 2.32. The molecule has 2 aromatic carbocycles. The number of amides is 2. The van der Waals surface area contributed by atoms with E-state index in [4.69, 9.17) is 9.47 Å². The zero-order chi connectivity index (χ0) is 17.1. The number of likely N-dealkylation sites (tertiary alicyclic amines) is 1. The normalized spacial score (nSPS) is 16.7. The summed E-state index contributed by atoms with van der Waals surface area (Å²) in [6.07, 6.45) is 2.03. The van der Waals surface area contributed by atoms with Crippen LogP contribution in [0.3, 0.4) is 0 Å². The molecule has 2 heterocycles. The zero-order valence-corrected chi connectivity index (χ0v) is 14.1. The van der Waals surface area contributed by atoms with E-state index in [-0.39, 0.29) is 12.8 Å². The first-order chi connectivity index (χ1) is 12.3. The minimum absolute atomic E-state index is 0.00387. The largest absolute Gasteiger partial charge is 0.454 e. The van der Waals surface area contributed by atoms with Gasteiger partial charge in [0.05, 0.1) is 0 Å². The number of hydrogen-bond acceptors (Lipinski definition) is 3.